The Bertz CT molecular complexity index is 832. The van der Waals surface area contributed by atoms with Crippen LogP contribution in [-0.2, 0) is 0 Å². The molecule has 0 radical (unpaired) electrons. The van der Waals surface area contributed by atoms with Gasteiger partial charge in [0, 0.05) is 30.5 Å². The Morgan fingerprint density at radius 3 is 1.93 bits per heavy atom. The number of rotatable bonds is 6. The van der Waals surface area contributed by atoms with Crippen LogP contribution in [-0.4, -0.2) is 55.4 Å². The van der Waals surface area contributed by atoms with Gasteiger partial charge in [-0.25, -0.2) is 0 Å². The Hall–Kier alpha value is -2.35. The third kappa shape index (κ3) is 3.65. The van der Waals surface area contributed by atoms with E-state index in [1.54, 1.807) is 44.8 Å². The van der Waals surface area contributed by atoms with Crippen LogP contribution in [0, 0.1) is 0 Å². The van der Waals surface area contributed by atoms with Crippen LogP contribution in [0.3, 0.4) is 0 Å². The summed E-state index contributed by atoms with van der Waals surface area (Å²) in [6.07, 6.45) is 4.32. The van der Waals surface area contributed by atoms with Crippen molar-refractivity contribution in [2.75, 3.05) is 34.4 Å². The number of methoxy groups -OCH3 is 3. The number of benzene rings is 1. The lowest BCUT2D eigenvalue weighted by molar-refractivity contribution is 0.0712. The average Bonchev–Trinajstić information content (AvgIpc) is 3.48. The van der Waals surface area contributed by atoms with E-state index in [2.05, 4.69) is 10.2 Å². The number of amides is 1. The van der Waals surface area contributed by atoms with Crippen LogP contribution in [0.4, 0.5) is 0 Å². The number of likely N-dealkylation sites (tertiary alicyclic amines) is 1. The SMILES string of the molecule is COc1cc(C(=O)N2CCC(c3nnc(C4CC4)s3)CC2)cc(OC)c1OC. The number of piperidine rings is 1. The van der Waals surface area contributed by atoms with Crippen molar-refractivity contribution < 1.29 is 19.0 Å². The number of hydrogen-bond donors (Lipinski definition) is 0. The third-order valence-electron chi connectivity index (χ3n) is 5.43. The molecule has 2 aliphatic rings. The molecule has 2 aromatic rings. The largest absolute Gasteiger partial charge is 0.493 e. The monoisotopic (exact) mass is 403 g/mol. The maximum atomic E-state index is 13.0. The molecular weight excluding hydrogens is 378 g/mol. The number of nitrogens with zero attached hydrogens (tertiary/aromatic N) is 3. The normalized spacial score (nSPS) is 17.5. The molecule has 4 rings (SSSR count). The molecule has 1 amide bonds. The maximum Gasteiger partial charge on any atom is 0.254 e. The first-order valence-electron chi connectivity index (χ1n) is 9.57. The highest BCUT2D eigenvalue weighted by atomic mass is 32.1. The highest BCUT2D eigenvalue weighted by Crippen LogP contribution is 2.43. The molecule has 1 aromatic carbocycles. The molecule has 0 unspecified atom stereocenters. The van der Waals surface area contributed by atoms with Crippen molar-refractivity contribution in [3.05, 3.63) is 27.7 Å². The van der Waals surface area contributed by atoms with E-state index in [4.69, 9.17) is 14.2 Å². The van der Waals surface area contributed by atoms with Crippen molar-refractivity contribution in [2.24, 2.45) is 0 Å². The first kappa shape index (κ1) is 19.0. The lowest BCUT2D eigenvalue weighted by atomic mass is 9.97. The first-order chi connectivity index (χ1) is 13.6. The molecule has 1 saturated heterocycles. The molecule has 1 aliphatic carbocycles. The van der Waals surface area contributed by atoms with E-state index in [1.807, 2.05) is 4.90 Å². The predicted molar refractivity (Wildman–Crippen MR) is 106 cm³/mol. The molecule has 1 aliphatic heterocycles. The molecule has 8 heteroatoms. The van der Waals surface area contributed by atoms with Crippen molar-refractivity contribution in [2.45, 2.75) is 37.5 Å². The predicted octanol–water partition coefficient (Wildman–Crippen LogP) is 3.46. The van der Waals surface area contributed by atoms with Crippen LogP contribution in [0.5, 0.6) is 17.2 Å². The van der Waals surface area contributed by atoms with Gasteiger partial charge in [-0.2, -0.15) is 0 Å². The molecule has 1 saturated carbocycles. The average molecular weight is 404 g/mol. The topological polar surface area (TPSA) is 73.8 Å². The molecule has 1 aromatic heterocycles. The minimum atomic E-state index is -0.0198. The van der Waals surface area contributed by atoms with Gasteiger partial charge in [0.25, 0.3) is 5.91 Å². The van der Waals surface area contributed by atoms with Crippen LogP contribution in [0.15, 0.2) is 12.1 Å². The van der Waals surface area contributed by atoms with E-state index in [-0.39, 0.29) is 5.91 Å². The molecule has 0 bridgehead atoms. The van der Waals surface area contributed by atoms with Gasteiger partial charge in [0.2, 0.25) is 5.75 Å². The third-order valence-corrected chi connectivity index (χ3v) is 6.67. The second-order valence-corrected chi connectivity index (χ2v) is 8.27. The Labute approximate surface area is 168 Å². The fraction of sp³-hybridized carbons (Fsp3) is 0.550. The second-order valence-electron chi connectivity index (χ2n) is 7.23. The number of ether oxygens (including phenoxy) is 3. The highest BCUT2D eigenvalue weighted by molar-refractivity contribution is 7.11. The molecule has 0 spiro atoms. The van der Waals surface area contributed by atoms with Gasteiger partial charge >= 0.3 is 0 Å². The van der Waals surface area contributed by atoms with Crippen LogP contribution < -0.4 is 14.2 Å². The minimum absolute atomic E-state index is 0.0198. The van der Waals surface area contributed by atoms with Crippen LogP contribution in [0.1, 0.15) is 57.9 Å². The van der Waals surface area contributed by atoms with Crippen LogP contribution in [0.25, 0.3) is 0 Å². The second kappa shape index (κ2) is 7.95. The molecule has 0 N–H and O–H groups in total. The summed E-state index contributed by atoms with van der Waals surface area (Å²) in [4.78, 5) is 14.9. The van der Waals surface area contributed by atoms with Crippen LogP contribution >= 0.6 is 11.3 Å². The van der Waals surface area contributed by atoms with Crippen molar-refractivity contribution in [1.29, 1.82) is 0 Å². The van der Waals surface area contributed by atoms with E-state index in [0.717, 1.165) is 17.8 Å². The molecule has 2 fully saturated rings. The quantitative estimate of drug-likeness (QED) is 0.735. The molecule has 0 atom stereocenters. The van der Waals surface area contributed by atoms with Gasteiger partial charge in [-0.3, -0.25) is 4.79 Å². The highest BCUT2D eigenvalue weighted by Gasteiger charge is 2.31. The van der Waals surface area contributed by atoms with E-state index in [9.17, 15) is 4.79 Å². The summed E-state index contributed by atoms with van der Waals surface area (Å²) in [5.41, 5.74) is 0.542. The van der Waals surface area contributed by atoms with Gasteiger partial charge in [-0.15, -0.1) is 21.5 Å². The van der Waals surface area contributed by atoms with Crippen molar-refractivity contribution in [3.8, 4) is 17.2 Å². The Morgan fingerprint density at radius 2 is 1.46 bits per heavy atom. The van der Waals surface area contributed by atoms with Gasteiger partial charge in [-0.1, -0.05) is 0 Å². The summed E-state index contributed by atoms with van der Waals surface area (Å²) < 4.78 is 16.1. The van der Waals surface area contributed by atoms with E-state index < -0.39 is 0 Å². The summed E-state index contributed by atoms with van der Waals surface area (Å²) in [6.45, 7) is 1.41. The summed E-state index contributed by atoms with van der Waals surface area (Å²) in [7, 11) is 4.65. The lowest BCUT2D eigenvalue weighted by Crippen LogP contribution is -2.37. The maximum absolute atomic E-state index is 13.0. The zero-order chi connectivity index (χ0) is 19.7. The van der Waals surface area contributed by atoms with Gasteiger partial charge < -0.3 is 19.1 Å². The smallest absolute Gasteiger partial charge is 0.254 e. The summed E-state index contributed by atoms with van der Waals surface area (Å²) in [5.74, 6) is 2.49. The molecule has 150 valence electrons. The number of carbonyl (C=O) groups excluding carboxylic acids is 1. The van der Waals surface area contributed by atoms with Gasteiger partial charge in [0.05, 0.1) is 21.3 Å². The van der Waals surface area contributed by atoms with E-state index in [1.165, 1.54) is 17.8 Å². The summed E-state index contributed by atoms with van der Waals surface area (Å²) in [5, 5.41) is 11.1. The van der Waals surface area contributed by atoms with Crippen molar-refractivity contribution >= 4 is 17.2 Å². The zero-order valence-corrected chi connectivity index (χ0v) is 17.3. The van der Waals surface area contributed by atoms with Crippen molar-refractivity contribution in [1.82, 2.24) is 15.1 Å². The van der Waals surface area contributed by atoms with Gasteiger partial charge in [-0.05, 0) is 37.8 Å². The number of hydrogen-bond acceptors (Lipinski definition) is 7. The molecule has 2 heterocycles. The molecular formula is C20H25N3O4S. The van der Waals surface area contributed by atoms with Gasteiger partial charge in [0.1, 0.15) is 10.0 Å². The van der Waals surface area contributed by atoms with Gasteiger partial charge in [0.15, 0.2) is 11.5 Å². The Kier molecular flexibility index (Phi) is 5.39. The summed E-state index contributed by atoms with van der Waals surface area (Å²) in [6, 6.07) is 3.42. The fourth-order valence-electron chi connectivity index (χ4n) is 3.62. The lowest BCUT2D eigenvalue weighted by Gasteiger charge is -2.31. The number of aromatic nitrogens is 2. The standard InChI is InChI=1S/C20H25N3O4S/c1-25-15-10-14(11-16(26-2)17(15)27-3)20(24)23-8-6-13(7-9-23)19-22-21-18(28-19)12-4-5-12/h10-13H,4-9H2,1-3H3. The Balaban J connectivity index is 1.44. The number of carbonyl (C=O) groups is 1. The van der Waals surface area contributed by atoms with Crippen molar-refractivity contribution in [3.63, 3.8) is 0 Å². The Morgan fingerprint density at radius 1 is 0.929 bits per heavy atom. The molecule has 28 heavy (non-hydrogen) atoms. The molecule has 7 nitrogen and oxygen atoms in total. The van der Waals surface area contributed by atoms with E-state index >= 15 is 0 Å². The fourth-order valence-corrected chi connectivity index (χ4v) is 4.81. The summed E-state index contributed by atoms with van der Waals surface area (Å²) >= 11 is 1.76. The first-order valence-corrected chi connectivity index (χ1v) is 10.4. The van der Waals surface area contributed by atoms with E-state index in [0.29, 0.717) is 47.7 Å². The zero-order valence-electron chi connectivity index (χ0n) is 16.4. The minimum Gasteiger partial charge on any atom is -0.493 e. The van der Waals surface area contributed by atoms with Crippen LogP contribution in [0.2, 0.25) is 0 Å².